The van der Waals surface area contributed by atoms with Crippen molar-refractivity contribution < 1.29 is 4.79 Å². The highest BCUT2D eigenvalue weighted by atomic mass is 35.5. The minimum absolute atomic E-state index is 0.369. The molecule has 4 aromatic rings. The van der Waals surface area contributed by atoms with Crippen LogP contribution in [0.15, 0.2) is 67.1 Å². The maximum absolute atomic E-state index is 12.4. The SMILES string of the molecule is O=C(Nc1ccccc1Cl)Nc1cc2ccncc2c2ncccc12. The van der Waals surface area contributed by atoms with Gasteiger partial charge in [-0.1, -0.05) is 23.7 Å². The lowest BCUT2D eigenvalue weighted by atomic mass is 10.1. The second-order valence-electron chi connectivity index (χ2n) is 5.48. The molecule has 2 heterocycles. The Bertz CT molecular complexity index is 1100. The lowest BCUT2D eigenvalue weighted by Crippen LogP contribution is -2.19. The number of urea groups is 1. The second-order valence-corrected chi connectivity index (χ2v) is 5.89. The fourth-order valence-corrected chi connectivity index (χ4v) is 2.92. The van der Waals surface area contributed by atoms with E-state index in [4.69, 9.17) is 11.6 Å². The number of carbonyl (C=O) groups is 1. The summed E-state index contributed by atoms with van der Waals surface area (Å²) in [5.41, 5.74) is 2.02. The third-order valence-corrected chi connectivity index (χ3v) is 4.21. The quantitative estimate of drug-likeness (QED) is 0.496. The van der Waals surface area contributed by atoms with Crippen LogP contribution in [-0.4, -0.2) is 16.0 Å². The average molecular weight is 349 g/mol. The smallest absolute Gasteiger partial charge is 0.307 e. The van der Waals surface area contributed by atoms with E-state index in [1.807, 2.05) is 36.4 Å². The molecule has 2 N–H and O–H groups in total. The third-order valence-electron chi connectivity index (χ3n) is 3.88. The van der Waals surface area contributed by atoms with E-state index in [2.05, 4.69) is 20.6 Å². The van der Waals surface area contributed by atoms with Crippen LogP contribution in [0.25, 0.3) is 21.7 Å². The minimum atomic E-state index is -0.369. The first-order chi connectivity index (χ1) is 12.2. The number of carbonyl (C=O) groups excluding carboxylic acids is 1. The molecule has 0 unspecified atom stereocenters. The second kappa shape index (κ2) is 6.37. The number of para-hydroxylation sites is 1. The molecule has 0 saturated carbocycles. The number of rotatable bonds is 2. The van der Waals surface area contributed by atoms with Gasteiger partial charge in [0.15, 0.2) is 0 Å². The number of halogens is 1. The van der Waals surface area contributed by atoms with Gasteiger partial charge in [0.25, 0.3) is 0 Å². The molecule has 0 radical (unpaired) electrons. The zero-order valence-corrected chi connectivity index (χ0v) is 13.8. The van der Waals surface area contributed by atoms with Crippen molar-refractivity contribution >= 4 is 50.7 Å². The predicted octanol–water partition coefficient (Wildman–Crippen LogP) is 5.08. The molecule has 0 aliphatic rings. The van der Waals surface area contributed by atoms with Crippen molar-refractivity contribution in [2.24, 2.45) is 0 Å². The summed E-state index contributed by atoms with van der Waals surface area (Å²) in [6.07, 6.45) is 5.21. The molecule has 2 aromatic carbocycles. The van der Waals surface area contributed by atoms with Crippen molar-refractivity contribution in [2.45, 2.75) is 0 Å². The van der Waals surface area contributed by atoms with Gasteiger partial charge in [0.05, 0.1) is 21.9 Å². The van der Waals surface area contributed by atoms with Crippen LogP contribution in [0.1, 0.15) is 0 Å². The highest BCUT2D eigenvalue weighted by Gasteiger charge is 2.11. The van der Waals surface area contributed by atoms with Crippen molar-refractivity contribution in [3.05, 3.63) is 72.1 Å². The Hall–Kier alpha value is -3.18. The maximum Gasteiger partial charge on any atom is 0.323 e. The highest BCUT2D eigenvalue weighted by molar-refractivity contribution is 6.33. The van der Waals surface area contributed by atoms with Gasteiger partial charge in [0, 0.05) is 29.4 Å². The number of benzene rings is 2. The van der Waals surface area contributed by atoms with Crippen molar-refractivity contribution in [1.29, 1.82) is 0 Å². The Morgan fingerprint density at radius 2 is 1.76 bits per heavy atom. The molecule has 122 valence electrons. The van der Waals surface area contributed by atoms with Gasteiger partial charge in [-0.15, -0.1) is 0 Å². The number of hydrogen-bond acceptors (Lipinski definition) is 3. The maximum atomic E-state index is 12.4. The summed E-state index contributed by atoms with van der Waals surface area (Å²) >= 11 is 6.09. The fourth-order valence-electron chi connectivity index (χ4n) is 2.74. The minimum Gasteiger partial charge on any atom is -0.307 e. The Labute approximate surface area is 148 Å². The first-order valence-corrected chi connectivity index (χ1v) is 8.04. The monoisotopic (exact) mass is 348 g/mol. The molecule has 5 nitrogen and oxygen atoms in total. The number of amides is 2. The summed E-state index contributed by atoms with van der Waals surface area (Å²) < 4.78 is 0. The number of pyridine rings is 2. The molecule has 0 aliphatic heterocycles. The van der Waals surface area contributed by atoms with Gasteiger partial charge >= 0.3 is 6.03 Å². The topological polar surface area (TPSA) is 66.9 Å². The summed E-state index contributed by atoms with van der Waals surface area (Å²) in [5.74, 6) is 0. The van der Waals surface area contributed by atoms with E-state index in [0.29, 0.717) is 16.4 Å². The standard InChI is InChI=1S/C19H13ClN4O/c20-15-5-1-2-6-16(15)23-19(25)24-17-10-12-7-9-21-11-14(12)18-13(17)4-3-8-22-18/h1-11H,(H2,23,24,25). The molecule has 25 heavy (non-hydrogen) atoms. The van der Waals surface area contributed by atoms with Gasteiger partial charge in [0.1, 0.15) is 0 Å². The van der Waals surface area contributed by atoms with Gasteiger partial charge in [-0.3, -0.25) is 9.97 Å². The van der Waals surface area contributed by atoms with Crippen LogP contribution < -0.4 is 10.6 Å². The Morgan fingerprint density at radius 3 is 2.64 bits per heavy atom. The molecule has 0 bridgehead atoms. The van der Waals surface area contributed by atoms with Gasteiger partial charge < -0.3 is 10.6 Å². The van der Waals surface area contributed by atoms with Crippen LogP contribution >= 0.6 is 11.6 Å². The van der Waals surface area contributed by atoms with E-state index in [9.17, 15) is 4.79 Å². The molecule has 0 saturated heterocycles. The van der Waals surface area contributed by atoms with Crippen molar-refractivity contribution in [2.75, 3.05) is 10.6 Å². The first-order valence-electron chi connectivity index (χ1n) is 7.66. The number of fused-ring (bicyclic) bond motifs is 3. The molecule has 0 aliphatic carbocycles. The molecule has 2 amide bonds. The van der Waals surface area contributed by atoms with Crippen molar-refractivity contribution in [3.63, 3.8) is 0 Å². The third kappa shape index (κ3) is 2.97. The molecule has 2 aromatic heterocycles. The zero-order valence-electron chi connectivity index (χ0n) is 13.0. The van der Waals surface area contributed by atoms with E-state index in [1.165, 1.54) is 0 Å². The molecule has 0 atom stereocenters. The van der Waals surface area contributed by atoms with Gasteiger partial charge in [0.2, 0.25) is 0 Å². The van der Waals surface area contributed by atoms with Crippen LogP contribution in [0, 0.1) is 0 Å². The normalized spacial score (nSPS) is 10.8. The van der Waals surface area contributed by atoms with Crippen LogP contribution in [0.3, 0.4) is 0 Å². The fraction of sp³-hybridized carbons (Fsp3) is 0. The van der Waals surface area contributed by atoms with Crippen LogP contribution in [0.4, 0.5) is 16.2 Å². The van der Waals surface area contributed by atoms with Crippen LogP contribution in [0.2, 0.25) is 5.02 Å². The summed E-state index contributed by atoms with van der Waals surface area (Å²) in [7, 11) is 0. The highest BCUT2D eigenvalue weighted by Crippen LogP contribution is 2.30. The number of hydrogen-bond donors (Lipinski definition) is 2. The molecule has 6 heteroatoms. The number of nitrogens with one attached hydrogen (secondary N) is 2. The summed E-state index contributed by atoms with van der Waals surface area (Å²) in [6.45, 7) is 0. The molecule has 4 rings (SSSR count). The molecule has 0 fully saturated rings. The van der Waals surface area contributed by atoms with Gasteiger partial charge in [-0.25, -0.2) is 4.79 Å². The van der Waals surface area contributed by atoms with Crippen LogP contribution in [0.5, 0.6) is 0 Å². The van der Waals surface area contributed by atoms with E-state index in [1.54, 1.807) is 30.7 Å². The van der Waals surface area contributed by atoms with Crippen LogP contribution in [-0.2, 0) is 0 Å². The van der Waals surface area contributed by atoms with Gasteiger partial charge in [-0.05, 0) is 41.8 Å². The summed E-state index contributed by atoms with van der Waals surface area (Å²) in [5, 5.41) is 8.86. The van der Waals surface area contributed by atoms with Crippen molar-refractivity contribution in [1.82, 2.24) is 9.97 Å². The Kier molecular flexibility index (Phi) is 3.91. The zero-order chi connectivity index (χ0) is 17.2. The Balaban J connectivity index is 1.73. The molecular weight excluding hydrogens is 336 g/mol. The van der Waals surface area contributed by atoms with Gasteiger partial charge in [-0.2, -0.15) is 0 Å². The largest absolute Gasteiger partial charge is 0.323 e. The average Bonchev–Trinajstić information content (AvgIpc) is 2.64. The van der Waals surface area contributed by atoms with Crippen molar-refractivity contribution in [3.8, 4) is 0 Å². The number of nitrogens with zero attached hydrogens (tertiary/aromatic N) is 2. The lowest BCUT2D eigenvalue weighted by molar-refractivity contribution is 0.262. The predicted molar refractivity (Wildman–Crippen MR) is 101 cm³/mol. The molecule has 0 spiro atoms. The molecular formula is C19H13ClN4O. The Morgan fingerprint density at radius 1 is 0.920 bits per heavy atom. The van der Waals surface area contributed by atoms with E-state index >= 15 is 0 Å². The lowest BCUT2D eigenvalue weighted by Gasteiger charge is -2.12. The summed E-state index contributed by atoms with van der Waals surface area (Å²) in [6, 6.07) is 14.3. The number of aromatic nitrogens is 2. The summed E-state index contributed by atoms with van der Waals surface area (Å²) in [4.78, 5) is 21.0. The number of anilines is 2. The van der Waals surface area contributed by atoms with E-state index in [-0.39, 0.29) is 6.03 Å². The van der Waals surface area contributed by atoms with E-state index < -0.39 is 0 Å². The first kappa shape index (κ1) is 15.4. The van der Waals surface area contributed by atoms with E-state index in [0.717, 1.165) is 21.7 Å².